The maximum atomic E-state index is 12.2. The molecule has 150 valence electrons. The Morgan fingerprint density at radius 3 is 2.57 bits per heavy atom. The second-order valence-corrected chi connectivity index (χ2v) is 9.57. The molecule has 0 radical (unpaired) electrons. The summed E-state index contributed by atoms with van der Waals surface area (Å²) < 4.78 is 4.92. The number of carbonyl (C=O) groups is 2. The van der Waals surface area contributed by atoms with Crippen molar-refractivity contribution in [1.29, 1.82) is 0 Å². The third-order valence-corrected chi connectivity index (χ3v) is 6.95. The van der Waals surface area contributed by atoms with Gasteiger partial charge in [-0.1, -0.05) is 18.0 Å². The lowest BCUT2D eigenvalue weighted by Crippen LogP contribution is -2.25. The Bertz CT molecular complexity index is 801. The van der Waals surface area contributed by atoms with E-state index < -0.39 is 0 Å². The van der Waals surface area contributed by atoms with Crippen LogP contribution in [0.1, 0.15) is 38.4 Å². The smallest absolute Gasteiger partial charge is 0.238 e. The highest BCUT2D eigenvalue weighted by molar-refractivity contribution is 8.01. The van der Waals surface area contributed by atoms with E-state index in [1.54, 1.807) is 19.9 Å². The molecule has 1 aromatic carbocycles. The van der Waals surface area contributed by atoms with Crippen LogP contribution in [-0.4, -0.2) is 33.2 Å². The Kier molecular flexibility index (Phi) is 7.44. The Morgan fingerprint density at radius 2 is 1.93 bits per heavy atom. The number of thioether (sulfide) groups is 2. The zero-order chi connectivity index (χ0) is 19.9. The highest BCUT2D eigenvalue weighted by Gasteiger charge is 2.18. The second-order valence-electron chi connectivity index (χ2n) is 6.86. The minimum Gasteiger partial charge on any atom is -0.360 e. The molecule has 2 N–H and O–H groups in total. The highest BCUT2D eigenvalue weighted by atomic mass is 32.2. The number of hydrogen-bond donors (Lipinski definition) is 2. The van der Waals surface area contributed by atoms with E-state index >= 15 is 0 Å². The Balaban J connectivity index is 1.40. The Morgan fingerprint density at radius 1 is 1.21 bits per heavy atom. The molecule has 0 aliphatic heterocycles. The van der Waals surface area contributed by atoms with Crippen LogP contribution in [0.3, 0.4) is 0 Å². The molecule has 8 heteroatoms. The van der Waals surface area contributed by atoms with Gasteiger partial charge in [-0.2, -0.15) is 0 Å². The van der Waals surface area contributed by atoms with Crippen LogP contribution in [0.15, 0.2) is 39.8 Å². The summed E-state index contributed by atoms with van der Waals surface area (Å²) in [6, 6.07) is 9.63. The van der Waals surface area contributed by atoms with Crippen molar-refractivity contribution in [3.8, 4) is 0 Å². The van der Waals surface area contributed by atoms with Gasteiger partial charge in [0.1, 0.15) is 5.76 Å². The van der Waals surface area contributed by atoms with Crippen LogP contribution in [0, 0.1) is 6.92 Å². The third kappa shape index (κ3) is 6.31. The lowest BCUT2D eigenvalue weighted by atomic mass is 10.3. The number of aryl methyl sites for hydroxylation is 1. The maximum Gasteiger partial charge on any atom is 0.238 e. The van der Waals surface area contributed by atoms with Crippen molar-refractivity contribution in [2.24, 2.45) is 0 Å². The van der Waals surface area contributed by atoms with Gasteiger partial charge >= 0.3 is 0 Å². The van der Waals surface area contributed by atoms with E-state index in [0.29, 0.717) is 11.6 Å². The van der Waals surface area contributed by atoms with Gasteiger partial charge in [-0.15, -0.1) is 23.5 Å². The van der Waals surface area contributed by atoms with Crippen molar-refractivity contribution in [1.82, 2.24) is 5.16 Å². The van der Waals surface area contributed by atoms with E-state index in [1.165, 1.54) is 42.3 Å². The van der Waals surface area contributed by atoms with Crippen LogP contribution >= 0.6 is 23.5 Å². The van der Waals surface area contributed by atoms with Crippen LogP contribution in [0.5, 0.6) is 0 Å². The van der Waals surface area contributed by atoms with E-state index in [1.807, 2.05) is 23.9 Å². The molecule has 0 saturated heterocycles. The fraction of sp³-hybridized carbons (Fsp3) is 0.450. The molecule has 1 aliphatic rings. The van der Waals surface area contributed by atoms with Gasteiger partial charge in [-0.05, 0) is 51.0 Å². The molecule has 0 unspecified atom stereocenters. The summed E-state index contributed by atoms with van der Waals surface area (Å²) in [6.45, 7) is 3.51. The first-order chi connectivity index (χ1) is 13.5. The zero-order valence-corrected chi connectivity index (χ0v) is 17.7. The predicted octanol–water partition coefficient (Wildman–Crippen LogP) is 4.72. The molecule has 6 nitrogen and oxygen atoms in total. The molecule has 1 aliphatic carbocycles. The lowest BCUT2D eigenvalue weighted by Gasteiger charge is -2.11. The zero-order valence-electron chi connectivity index (χ0n) is 16.1. The number of amides is 2. The van der Waals surface area contributed by atoms with E-state index in [9.17, 15) is 9.59 Å². The summed E-state index contributed by atoms with van der Waals surface area (Å²) in [4.78, 5) is 25.5. The molecule has 2 amide bonds. The number of nitrogens with one attached hydrogen (secondary N) is 2. The molecule has 28 heavy (non-hydrogen) atoms. The number of nitrogens with zero attached hydrogens (tertiary/aromatic N) is 1. The Labute approximate surface area is 173 Å². The number of aromatic nitrogens is 1. The topological polar surface area (TPSA) is 84.2 Å². The molecule has 2 aromatic rings. The fourth-order valence-electron chi connectivity index (χ4n) is 2.94. The second kappa shape index (κ2) is 10.0. The van der Waals surface area contributed by atoms with E-state index in [2.05, 4.69) is 27.9 Å². The molecule has 3 rings (SSSR count). The molecular formula is C20H25N3O3S2. The van der Waals surface area contributed by atoms with Crippen LogP contribution in [0.4, 0.5) is 11.5 Å². The minimum atomic E-state index is -0.382. The van der Waals surface area contributed by atoms with Gasteiger partial charge < -0.3 is 15.2 Å². The van der Waals surface area contributed by atoms with Crippen molar-refractivity contribution >= 4 is 46.8 Å². The summed E-state index contributed by atoms with van der Waals surface area (Å²) in [5.41, 5.74) is 0.775. The largest absolute Gasteiger partial charge is 0.360 e. The summed E-state index contributed by atoms with van der Waals surface area (Å²) in [7, 11) is 0. The summed E-state index contributed by atoms with van der Waals surface area (Å²) >= 11 is 3.20. The van der Waals surface area contributed by atoms with Gasteiger partial charge in [0.2, 0.25) is 11.8 Å². The van der Waals surface area contributed by atoms with Gasteiger partial charge in [0.25, 0.3) is 0 Å². The molecule has 0 spiro atoms. The van der Waals surface area contributed by atoms with Crippen LogP contribution in [0.25, 0.3) is 0 Å². The number of hydrogen-bond acceptors (Lipinski definition) is 6. The van der Waals surface area contributed by atoms with Crippen molar-refractivity contribution < 1.29 is 14.1 Å². The molecule has 1 fully saturated rings. The first-order valence-corrected chi connectivity index (χ1v) is 11.3. The quantitative estimate of drug-likeness (QED) is 0.644. The SMILES string of the molecule is Cc1cc(NC(=O)[C@H](C)SCC(=O)Nc2ccc(SC3CCCC3)cc2)no1. The first kappa shape index (κ1) is 20.8. The van der Waals surface area contributed by atoms with E-state index in [0.717, 1.165) is 10.9 Å². The van der Waals surface area contributed by atoms with Gasteiger partial charge in [0.05, 0.1) is 11.0 Å². The van der Waals surface area contributed by atoms with Gasteiger partial charge in [-0.25, -0.2) is 0 Å². The number of benzene rings is 1. The summed E-state index contributed by atoms with van der Waals surface area (Å²) in [6.07, 6.45) is 5.25. The van der Waals surface area contributed by atoms with Crippen molar-refractivity contribution in [3.63, 3.8) is 0 Å². The van der Waals surface area contributed by atoms with Crippen LogP contribution in [-0.2, 0) is 9.59 Å². The third-order valence-electron chi connectivity index (χ3n) is 4.46. The summed E-state index contributed by atoms with van der Waals surface area (Å²) in [5.74, 6) is 0.875. The standard InChI is InChI=1S/C20H25N3O3S2/c1-13-11-18(23-26-13)22-20(25)14(2)27-12-19(24)21-15-7-9-17(10-8-15)28-16-5-3-4-6-16/h7-11,14,16H,3-6,12H2,1-2H3,(H,21,24)(H,22,23,25)/t14-/m0/s1. The lowest BCUT2D eigenvalue weighted by molar-refractivity contribution is -0.115. The fourth-order valence-corrected chi connectivity index (χ4v) is 4.87. The van der Waals surface area contributed by atoms with Gasteiger partial charge in [0.15, 0.2) is 5.82 Å². The number of carbonyl (C=O) groups excluding carboxylic acids is 2. The van der Waals surface area contributed by atoms with Gasteiger partial charge in [0, 0.05) is 21.9 Å². The van der Waals surface area contributed by atoms with Crippen molar-refractivity contribution in [3.05, 3.63) is 36.1 Å². The molecule has 1 aromatic heterocycles. The summed E-state index contributed by atoms with van der Waals surface area (Å²) in [5, 5.41) is 9.63. The average molecular weight is 420 g/mol. The number of rotatable bonds is 8. The van der Waals surface area contributed by atoms with Crippen LogP contribution < -0.4 is 10.6 Å². The number of anilines is 2. The highest BCUT2D eigenvalue weighted by Crippen LogP contribution is 2.34. The molecule has 0 bridgehead atoms. The minimum absolute atomic E-state index is 0.127. The van der Waals surface area contributed by atoms with Crippen LogP contribution in [0.2, 0.25) is 0 Å². The Hall–Kier alpha value is -1.93. The van der Waals surface area contributed by atoms with Crippen molar-refractivity contribution in [2.45, 2.75) is 54.9 Å². The monoisotopic (exact) mass is 419 g/mol. The van der Waals surface area contributed by atoms with E-state index in [4.69, 9.17) is 4.52 Å². The van der Waals surface area contributed by atoms with E-state index in [-0.39, 0.29) is 22.8 Å². The first-order valence-electron chi connectivity index (χ1n) is 9.42. The molecule has 1 heterocycles. The molecule has 1 saturated carbocycles. The molecule has 1 atom stereocenters. The predicted molar refractivity (Wildman–Crippen MR) is 115 cm³/mol. The maximum absolute atomic E-state index is 12.2. The molecular weight excluding hydrogens is 394 g/mol. The van der Waals surface area contributed by atoms with Crippen molar-refractivity contribution in [2.75, 3.05) is 16.4 Å². The van der Waals surface area contributed by atoms with Gasteiger partial charge in [-0.3, -0.25) is 9.59 Å². The normalized spacial score (nSPS) is 15.4. The average Bonchev–Trinajstić information content (AvgIpc) is 3.33.